The number of hydrogen-bond donors (Lipinski definition) is 3. The monoisotopic (exact) mass is 551 g/mol. The number of nitrogens with zero attached hydrogens (tertiary/aromatic N) is 3. The van der Waals surface area contributed by atoms with Gasteiger partial charge in [0, 0.05) is 37.4 Å². The number of anilines is 1. The molecule has 8 nitrogen and oxygen atoms in total. The van der Waals surface area contributed by atoms with Crippen molar-refractivity contribution in [1.82, 2.24) is 20.2 Å². The first-order valence-electron chi connectivity index (χ1n) is 13.2. The highest BCUT2D eigenvalue weighted by atomic mass is 32.1. The van der Waals surface area contributed by atoms with Gasteiger partial charge in [-0.05, 0) is 57.4 Å². The molecule has 0 aromatic carbocycles. The molecule has 0 radical (unpaired) electrons. The molecule has 38 heavy (non-hydrogen) atoms. The molecule has 2 aromatic heterocycles. The molecule has 3 N–H and O–H groups in total. The summed E-state index contributed by atoms with van der Waals surface area (Å²) in [4.78, 5) is 36.4. The molecule has 2 aliphatic carbocycles. The van der Waals surface area contributed by atoms with Gasteiger partial charge in [-0.2, -0.15) is 13.2 Å². The van der Waals surface area contributed by atoms with Gasteiger partial charge in [-0.15, -0.1) is 11.3 Å². The van der Waals surface area contributed by atoms with Crippen molar-refractivity contribution in [1.29, 1.82) is 0 Å². The van der Waals surface area contributed by atoms with Crippen LogP contribution in [0.4, 0.5) is 19.0 Å². The number of carbonyl (C=O) groups excluding carboxylic acids is 2. The summed E-state index contributed by atoms with van der Waals surface area (Å²) in [6.45, 7) is 2.90. The molecule has 1 saturated heterocycles. The largest absolute Gasteiger partial charge is 0.417 e. The summed E-state index contributed by atoms with van der Waals surface area (Å²) in [5.74, 6) is -0.404. The van der Waals surface area contributed by atoms with Crippen LogP contribution in [0.1, 0.15) is 84.1 Å². The third-order valence-corrected chi connectivity index (χ3v) is 8.80. The Morgan fingerprint density at radius 1 is 1.24 bits per heavy atom. The van der Waals surface area contributed by atoms with Crippen molar-refractivity contribution < 1.29 is 27.9 Å². The Balaban J connectivity index is 1.48. The smallest absolute Gasteiger partial charge is 0.388 e. The molecule has 0 bridgehead atoms. The zero-order valence-corrected chi connectivity index (χ0v) is 22.1. The number of aliphatic hydroxyl groups is 1. The van der Waals surface area contributed by atoms with E-state index in [4.69, 9.17) is 0 Å². The van der Waals surface area contributed by atoms with Crippen LogP contribution in [-0.4, -0.2) is 63.1 Å². The molecule has 3 fully saturated rings. The third-order valence-electron chi connectivity index (χ3n) is 7.71. The minimum Gasteiger partial charge on any atom is -0.388 e. The predicted molar refractivity (Wildman–Crippen MR) is 137 cm³/mol. The maximum absolute atomic E-state index is 14.3. The number of rotatable bonds is 9. The molecule has 12 heteroatoms. The van der Waals surface area contributed by atoms with Gasteiger partial charge in [-0.1, -0.05) is 12.8 Å². The molecular formula is C26H32F3N5O3S. The second-order valence-corrected chi connectivity index (χ2v) is 11.7. The summed E-state index contributed by atoms with van der Waals surface area (Å²) in [5.41, 5.74) is -2.38. The molecule has 1 aliphatic heterocycles. The van der Waals surface area contributed by atoms with E-state index in [2.05, 4.69) is 20.6 Å². The highest BCUT2D eigenvalue weighted by molar-refractivity contribution is 7.17. The van der Waals surface area contributed by atoms with Crippen LogP contribution in [0, 0.1) is 5.92 Å². The van der Waals surface area contributed by atoms with E-state index in [1.165, 1.54) is 0 Å². The van der Waals surface area contributed by atoms with Crippen molar-refractivity contribution in [2.75, 3.05) is 25.0 Å². The number of aromatic nitrogens is 2. The minimum atomic E-state index is -4.72. The molecule has 0 spiro atoms. The van der Waals surface area contributed by atoms with Gasteiger partial charge in [0.2, 0.25) is 0 Å². The van der Waals surface area contributed by atoms with Gasteiger partial charge in [0.15, 0.2) is 5.01 Å². The standard InChI is InChI=1S/C26H32F3N5O3S/c1-15-4-2-11-34(15)24(36)20-21(38-23(33-20)22(35)32-14-25(37)8-3-9-25)17-13-31-19(12-18(17)26(27,28)29)30-10-7-16-5-6-16/h12-13,15-16,37H,2-11,14H2,1H3,(H,30,31)(H,32,35)/t15-/m0/s1. The molecule has 206 valence electrons. The predicted octanol–water partition coefficient (Wildman–Crippen LogP) is 4.71. The summed E-state index contributed by atoms with van der Waals surface area (Å²) in [6.07, 6.45) is 3.12. The van der Waals surface area contributed by atoms with Crippen molar-refractivity contribution in [3.8, 4) is 10.4 Å². The zero-order valence-electron chi connectivity index (χ0n) is 21.2. The van der Waals surface area contributed by atoms with E-state index in [0.717, 1.165) is 62.1 Å². The second kappa shape index (κ2) is 10.4. The fraction of sp³-hybridized carbons (Fsp3) is 0.615. The Morgan fingerprint density at radius 3 is 2.61 bits per heavy atom. The maximum Gasteiger partial charge on any atom is 0.417 e. The van der Waals surface area contributed by atoms with E-state index in [1.807, 2.05) is 6.92 Å². The van der Waals surface area contributed by atoms with Crippen LogP contribution >= 0.6 is 11.3 Å². The quantitative estimate of drug-likeness (QED) is 0.417. The average molecular weight is 552 g/mol. The van der Waals surface area contributed by atoms with E-state index in [9.17, 15) is 27.9 Å². The van der Waals surface area contributed by atoms with Gasteiger partial charge in [-0.3, -0.25) is 9.59 Å². The van der Waals surface area contributed by atoms with Crippen molar-refractivity contribution in [3.63, 3.8) is 0 Å². The maximum atomic E-state index is 14.3. The fourth-order valence-electron chi connectivity index (χ4n) is 4.98. The lowest BCUT2D eigenvalue weighted by Crippen LogP contribution is -2.47. The lowest BCUT2D eigenvalue weighted by Gasteiger charge is -2.36. The number of amides is 2. The number of thiazole rings is 1. The normalized spacial score (nSPS) is 20.8. The van der Waals surface area contributed by atoms with Crippen LogP contribution < -0.4 is 10.6 Å². The van der Waals surface area contributed by atoms with Gasteiger partial charge in [0.1, 0.15) is 11.5 Å². The van der Waals surface area contributed by atoms with E-state index in [0.29, 0.717) is 31.8 Å². The molecule has 3 aliphatic rings. The minimum absolute atomic E-state index is 0.0176. The molecular weight excluding hydrogens is 519 g/mol. The molecule has 1 atom stereocenters. The Hall–Kier alpha value is -2.73. The lowest BCUT2D eigenvalue weighted by molar-refractivity contribution is -0.137. The van der Waals surface area contributed by atoms with Gasteiger partial charge in [-0.25, -0.2) is 9.97 Å². The highest BCUT2D eigenvalue weighted by Gasteiger charge is 2.39. The molecule has 0 unspecified atom stereocenters. The SMILES string of the molecule is C[C@H]1CCCN1C(=O)c1nc(C(=O)NCC2(O)CCC2)sc1-c1cnc(NCCC2CC2)cc1C(F)(F)F. The van der Waals surface area contributed by atoms with Crippen molar-refractivity contribution in [2.45, 2.75) is 76.1 Å². The highest BCUT2D eigenvalue weighted by Crippen LogP contribution is 2.42. The van der Waals surface area contributed by atoms with E-state index in [1.54, 1.807) is 4.90 Å². The Bertz CT molecular complexity index is 1210. The van der Waals surface area contributed by atoms with Crippen LogP contribution in [0.2, 0.25) is 0 Å². The Morgan fingerprint density at radius 2 is 2.00 bits per heavy atom. The molecule has 5 rings (SSSR count). The molecule has 3 heterocycles. The number of carbonyl (C=O) groups is 2. The fourth-order valence-corrected chi connectivity index (χ4v) is 5.97. The van der Waals surface area contributed by atoms with Gasteiger partial charge in [0.25, 0.3) is 11.8 Å². The lowest BCUT2D eigenvalue weighted by atomic mass is 9.80. The molecule has 2 saturated carbocycles. The first-order valence-corrected chi connectivity index (χ1v) is 14.0. The number of alkyl halides is 3. The number of pyridine rings is 1. The molecule has 2 aromatic rings. The van der Waals surface area contributed by atoms with Gasteiger partial charge >= 0.3 is 6.18 Å². The molecule has 2 amide bonds. The van der Waals surface area contributed by atoms with E-state index in [-0.39, 0.29) is 39.5 Å². The first-order chi connectivity index (χ1) is 18.0. The number of nitrogens with one attached hydrogen (secondary N) is 2. The summed E-state index contributed by atoms with van der Waals surface area (Å²) in [5, 5.41) is 15.8. The summed E-state index contributed by atoms with van der Waals surface area (Å²) in [6, 6.07) is 0.876. The second-order valence-electron chi connectivity index (χ2n) is 10.7. The van der Waals surface area contributed by atoms with Crippen molar-refractivity contribution in [3.05, 3.63) is 28.5 Å². The number of hydrogen-bond acceptors (Lipinski definition) is 7. The summed E-state index contributed by atoms with van der Waals surface area (Å²) < 4.78 is 42.8. The van der Waals surface area contributed by atoms with Crippen molar-refractivity contribution >= 4 is 29.0 Å². The average Bonchev–Trinajstić information content (AvgIpc) is 3.40. The van der Waals surface area contributed by atoms with Gasteiger partial charge < -0.3 is 20.6 Å². The van der Waals surface area contributed by atoms with E-state index >= 15 is 0 Å². The zero-order chi connectivity index (χ0) is 27.1. The number of halogens is 3. The van der Waals surface area contributed by atoms with Crippen LogP contribution in [0.3, 0.4) is 0 Å². The number of likely N-dealkylation sites (tertiary alicyclic amines) is 1. The first kappa shape index (κ1) is 26.9. The van der Waals surface area contributed by atoms with Crippen molar-refractivity contribution in [2.24, 2.45) is 5.92 Å². The summed E-state index contributed by atoms with van der Waals surface area (Å²) in [7, 11) is 0. The van der Waals surface area contributed by atoms with E-state index < -0.39 is 29.2 Å². The van der Waals surface area contributed by atoms with Gasteiger partial charge in [0.05, 0.1) is 16.0 Å². The van der Waals surface area contributed by atoms with Crippen LogP contribution in [-0.2, 0) is 6.18 Å². The Kier molecular flexibility index (Phi) is 7.38. The van der Waals surface area contributed by atoms with Crippen LogP contribution in [0.15, 0.2) is 12.3 Å². The van der Waals surface area contributed by atoms with Crippen LogP contribution in [0.25, 0.3) is 10.4 Å². The van der Waals surface area contributed by atoms with Crippen LogP contribution in [0.5, 0.6) is 0 Å². The Labute approximate surface area is 223 Å². The topological polar surface area (TPSA) is 107 Å². The third kappa shape index (κ3) is 5.80. The summed E-state index contributed by atoms with van der Waals surface area (Å²) >= 11 is 0.739.